The van der Waals surface area contributed by atoms with Crippen LogP contribution < -0.4 is 0 Å². The molecule has 0 saturated heterocycles. The molecule has 0 unspecified atom stereocenters. The Labute approximate surface area is 102 Å². The van der Waals surface area contributed by atoms with Crippen molar-refractivity contribution in [1.82, 2.24) is 0 Å². The number of carbonyl (C=O) groups is 1. The molecule has 2 aromatic rings. The van der Waals surface area contributed by atoms with Crippen LogP contribution in [0.4, 0.5) is 13.2 Å². The summed E-state index contributed by atoms with van der Waals surface area (Å²) in [4.78, 5) is 10.8. The lowest BCUT2D eigenvalue weighted by atomic mass is 9.98. The zero-order valence-electron chi connectivity index (χ0n) is 9.51. The molecule has 0 bridgehead atoms. The number of halogens is 3. The van der Waals surface area contributed by atoms with Gasteiger partial charge in [-0.25, -0.2) is 13.2 Å². The Kier molecular flexibility index (Phi) is 3.19. The number of aryl methyl sites for hydroxylation is 1. The summed E-state index contributed by atoms with van der Waals surface area (Å²) in [7, 11) is 0. The highest BCUT2D eigenvalue weighted by Gasteiger charge is 2.14. The Hall–Kier alpha value is -2.10. The second kappa shape index (κ2) is 4.64. The highest BCUT2D eigenvalue weighted by atomic mass is 19.2. The Morgan fingerprint density at radius 2 is 1.56 bits per heavy atom. The fourth-order valence-corrected chi connectivity index (χ4v) is 1.73. The van der Waals surface area contributed by atoms with Crippen LogP contribution in [0.2, 0.25) is 0 Å². The van der Waals surface area contributed by atoms with Crippen molar-refractivity contribution >= 4 is 6.29 Å². The SMILES string of the molecule is Cc1ccc(-c2cc(F)c(F)cc2C=O)c(F)c1. The van der Waals surface area contributed by atoms with Crippen LogP contribution in [-0.4, -0.2) is 6.29 Å². The molecule has 92 valence electrons. The molecule has 0 atom stereocenters. The molecule has 18 heavy (non-hydrogen) atoms. The summed E-state index contributed by atoms with van der Waals surface area (Å²) >= 11 is 0. The summed E-state index contributed by atoms with van der Waals surface area (Å²) in [6, 6.07) is 5.92. The van der Waals surface area contributed by atoms with E-state index in [4.69, 9.17) is 0 Å². The maximum absolute atomic E-state index is 13.8. The zero-order chi connectivity index (χ0) is 13.3. The van der Waals surface area contributed by atoms with Gasteiger partial charge in [0, 0.05) is 11.1 Å². The molecular formula is C14H9F3O. The second-order valence-electron chi connectivity index (χ2n) is 3.95. The fraction of sp³-hybridized carbons (Fsp3) is 0.0714. The molecule has 0 aliphatic heterocycles. The van der Waals surface area contributed by atoms with E-state index in [2.05, 4.69) is 0 Å². The third-order valence-electron chi connectivity index (χ3n) is 2.63. The number of hydrogen-bond acceptors (Lipinski definition) is 1. The smallest absolute Gasteiger partial charge is 0.159 e. The van der Waals surface area contributed by atoms with E-state index in [1.165, 1.54) is 12.1 Å². The average molecular weight is 250 g/mol. The van der Waals surface area contributed by atoms with Gasteiger partial charge in [0.05, 0.1) is 0 Å². The van der Waals surface area contributed by atoms with Crippen LogP contribution in [-0.2, 0) is 0 Å². The van der Waals surface area contributed by atoms with Crippen molar-refractivity contribution in [3.05, 3.63) is 58.9 Å². The molecule has 0 N–H and O–H groups in total. The molecule has 2 aromatic carbocycles. The number of carbonyl (C=O) groups excluding carboxylic acids is 1. The van der Waals surface area contributed by atoms with Gasteiger partial charge in [-0.05, 0) is 36.2 Å². The number of hydrogen-bond donors (Lipinski definition) is 0. The minimum Gasteiger partial charge on any atom is -0.298 e. The minimum atomic E-state index is -1.13. The third kappa shape index (κ3) is 2.14. The van der Waals surface area contributed by atoms with Crippen LogP contribution in [0.5, 0.6) is 0 Å². The van der Waals surface area contributed by atoms with Crippen molar-refractivity contribution in [3.8, 4) is 11.1 Å². The standard InChI is InChI=1S/C14H9F3O/c1-8-2-3-10(12(15)4-8)11-6-14(17)13(16)5-9(11)7-18/h2-7H,1H3. The van der Waals surface area contributed by atoms with Crippen molar-refractivity contribution in [2.75, 3.05) is 0 Å². The van der Waals surface area contributed by atoms with E-state index in [0.717, 1.165) is 12.1 Å². The van der Waals surface area contributed by atoms with E-state index in [-0.39, 0.29) is 16.7 Å². The van der Waals surface area contributed by atoms with E-state index in [0.29, 0.717) is 11.8 Å². The van der Waals surface area contributed by atoms with Gasteiger partial charge in [0.1, 0.15) is 5.82 Å². The normalized spacial score (nSPS) is 10.4. The fourth-order valence-electron chi connectivity index (χ4n) is 1.73. The Morgan fingerprint density at radius 3 is 2.17 bits per heavy atom. The number of benzene rings is 2. The van der Waals surface area contributed by atoms with Crippen molar-refractivity contribution in [2.24, 2.45) is 0 Å². The van der Waals surface area contributed by atoms with E-state index in [1.54, 1.807) is 13.0 Å². The van der Waals surface area contributed by atoms with Crippen molar-refractivity contribution in [3.63, 3.8) is 0 Å². The predicted octanol–water partition coefficient (Wildman–Crippen LogP) is 3.89. The maximum atomic E-state index is 13.8. The second-order valence-corrected chi connectivity index (χ2v) is 3.95. The zero-order valence-corrected chi connectivity index (χ0v) is 9.51. The number of rotatable bonds is 2. The summed E-state index contributed by atoms with van der Waals surface area (Å²) in [6.45, 7) is 1.71. The van der Waals surface area contributed by atoms with Crippen LogP contribution in [0.25, 0.3) is 11.1 Å². The third-order valence-corrected chi connectivity index (χ3v) is 2.63. The van der Waals surface area contributed by atoms with E-state index in [9.17, 15) is 18.0 Å². The molecule has 2 rings (SSSR count). The molecule has 0 amide bonds. The van der Waals surface area contributed by atoms with Gasteiger partial charge >= 0.3 is 0 Å². The molecule has 1 nitrogen and oxygen atoms in total. The van der Waals surface area contributed by atoms with Crippen LogP contribution in [0, 0.1) is 24.4 Å². The first kappa shape index (κ1) is 12.4. The quantitative estimate of drug-likeness (QED) is 0.739. The molecule has 4 heteroatoms. The Balaban J connectivity index is 2.70. The van der Waals surface area contributed by atoms with Gasteiger partial charge in [-0.1, -0.05) is 12.1 Å². The van der Waals surface area contributed by atoms with Crippen LogP contribution >= 0.6 is 0 Å². The lowest BCUT2D eigenvalue weighted by Crippen LogP contribution is -1.95. The average Bonchev–Trinajstić information content (AvgIpc) is 2.32. The van der Waals surface area contributed by atoms with Gasteiger partial charge in [-0.3, -0.25) is 4.79 Å². The summed E-state index contributed by atoms with van der Waals surface area (Å²) in [5, 5.41) is 0. The van der Waals surface area contributed by atoms with Gasteiger partial charge in [-0.2, -0.15) is 0 Å². The van der Waals surface area contributed by atoms with Crippen molar-refractivity contribution < 1.29 is 18.0 Å². The van der Waals surface area contributed by atoms with Gasteiger partial charge in [0.15, 0.2) is 17.9 Å². The molecule has 0 spiro atoms. The van der Waals surface area contributed by atoms with Crippen molar-refractivity contribution in [2.45, 2.75) is 6.92 Å². The van der Waals surface area contributed by atoms with Crippen LogP contribution in [0.15, 0.2) is 30.3 Å². The minimum absolute atomic E-state index is 0.0430. The highest BCUT2D eigenvalue weighted by Crippen LogP contribution is 2.28. The van der Waals surface area contributed by atoms with E-state index >= 15 is 0 Å². The summed E-state index contributed by atoms with van der Waals surface area (Å²) in [5.74, 6) is -2.83. The molecular weight excluding hydrogens is 241 g/mol. The van der Waals surface area contributed by atoms with Gasteiger partial charge in [0.25, 0.3) is 0 Å². The summed E-state index contributed by atoms with van der Waals surface area (Å²) in [5.41, 5.74) is 0.728. The summed E-state index contributed by atoms with van der Waals surface area (Å²) in [6.07, 6.45) is 0.372. The first-order chi connectivity index (χ1) is 8.52. The lowest BCUT2D eigenvalue weighted by Gasteiger charge is -2.08. The van der Waals surface area contributed by atoms with Gasteiger partial charge < -0.3 is 0 Å². The predicted molar refractivity (Wildman–Crippen MR) is 61.9 cm³/mol. The lowest BCUT2D eigenvalue weighted by molar-refractivity contribution is 0.112. The maximum Gasteiger partial charge on any atom is 0.159 e. The highest BCUT2D eigenvalue weighted by molar-refractivity contribution is 5.87. The molecule has 0 aliphatic carbocycles. The monoisotopic (exact) mass is 250 g/mol. The van der Waals surface area contributed by atoms with Crippen LogP contribution in [0.3, 0.4) is 0 Å². The van der Waals surface area contributed by atoms with Crippen LogP contribution in [0.1, 0.15) is 15.9 Å². The molecule has 0 saturated carbocycles. The molecule has 0 fully saturated rings. The largest absolute Gasteiger partial charge is 0.298 e. The van der Waals surface area contributed by atoms with E-state index < -0.39 is 17.5 Å². The van der Waals surface area contributed by atoms with E-state index in [1.807, 2.05) is 0 Å². The summed E-state index contributed by atoms with van der Waals surface area (Å²) < 4.78 is 39.9. The first-order valence-electron chi connectivity index (χ1n) is 5.23. The molecule has 0 aromatic heterocycles. The molecule has 0 aliphatic rings. The molecule has 0 radical (unpaired) electrons. The topological polar surface area (TPSA) is 17.1 Å². The Morgan fingerprint density at radius 1 is 0.889 bits per heavy atom. The van der Waals surface area contributed by atoms with Gasteiger partial charge in [0.2, 0.25) is 0 Å². The first-order valence-corrected chi connectivity index (χ1v) is 5.23. The van der Waals surface area contributed by atoms with Gasteiger partial charge in [-0.15, -0.1) is 0 Å². The Bertz CT molecular complexity index is 621. The van der Waals surface area contributed by atoms with Crippen molar-refractivity contribution in [1.29, 1.82) is 0 Å². The molecule has 0 heterocycles. The number of aldehydes is 1.